The maximum absolute atomic E-state index is 13.1. The largest absolute Gasteiger partial charge is 0.478 e. The van der Waals surface area contributed by atoms with Gasteiger partial charge in [0.2, 0.25) is 10.0 Å². The lowest BCUT2D eigenvalue weighted by atomic mass is 9.93. The van der Waals surface area contributed by atoms with Crippen molar-refractivity contribution in [1.82, 2.24) is 9.62 Å². The number of carbonyl (C=O) groups is 1. The second-order valence-electron chi connectivity index (χ2n) is 10.7. The second-order valence-corrected chi connectivity index (χ2v) is 12.7. The van der Waals surface area contributed by atoms with Gasteiger partial charge in [0.25, 0.3) is 0 Å². The molecule has 0 saturated heterocycles. The lowest BCUT2D eigenvalue weighted by Gasteiger charge is -2.29. The first-order chi connectivity index (χ1) is 18.9. The SMILES string of the molecule is CN(C[C@H](O)CNC(C)(C)Cc1ccc2ccccc2c1)S(=O)(=O)c1ccc(-c2ccc(C(=O)O)c(N)c2)cc1. The van der Waals surface area contributed by atoms with E-state index in [0.29, 0.717) is 11.1 Å². The highest BCUT2D eigenvalue weighted by Crippen LogP contribution is 2.26. The number of rotatable bonds is 11. The van der Waals surface area contributed by atoms with Gasteiger partial charge in [-0.05, 0) is 72.0 Å². The number of aromatic carboxylic acids is 1. The molecule has 0 bridgehead atoms. The number of sulfonamides is 1. The molecule has 0 saturated carbocycles. The van der Waals surface area contributed by atoms with Gasteiger partial charge in [-0.3, -0.25) is 0 Å². The smallest absolute Gasteiger partial charge is 0.337 e. The van der Waals surface area contributed by atoms with Crippen molar-refractivity contribution in [2.24, 2.45) is 0 Å². The molecular weight excluding hydrogens is 526 g/mol. The van der Waals surface area contributed by atoms with Crippen LogP contribution in [0.5, 0.6) is 0 Å². The molecule has 1 atom stereocenters. The third-order valence-corrected chi connectivity index (χ3v) is 8.76. The molecule has 4 aromatic rings. The summed E-state index contributed by atoms with van der Waals surface area (Å²) < 4.78 is 27.4. The van der Waals surface area contributed by atoms with Crippen molar-refractivity contribution in [1.29, 1.82) is 0 Å². The molecule has 0 aromatic heterocycles. The fourth-order valence-corrected chi connectivity index (χ4v) is 5.92. The zero-order valence-corrected chi connectivity index (χ0v) is 23.7. The lowest BCUT2D eigenvalue weighted by molar-refractivity contribution is 0.0698. The van der Waals surface area contributed by atoms with Gasteiger partial charge in [0.15, 0.2) is 0 Å². The van der Waals surface area contributed by atoms with Crippen LogP contribution in [-0.2, 0) is 16.4 Å². The number of likely N-dealkylation sites (N-methyl/N-ethyl adjacent to an activating group) is 1. The van der Waals surface area contributed by atoms with E-state index in [1.165, 1.54) is 41.6 Å². The number of anilines is 1. The number of hydrogen-bond acceptors (Lipinski definition) is 6. The fraction of sp³-hybridized carbons (Fsp3) is 0.258. The number of aliphatic hydroxyl groups is 1. The maximum Gasteiger partial charge on any atom is 0.337 e. The molecule has 0 fully saturated rings. The summed E-state index contributed by atoms with van der Waals surface area (Å²) in [4.78, 5) is 11.3. The molecule has 0 heterocycles. The summed E-state index contributed by atoms with van der Waals surface area (Å²) in [6, 6.07) is 25.4. The quantitative estimate of drug-likeness (QED) is 0.200. The number of nitrogens with two attached hydrogens (primary N) is 1. The molecule has 0 aliphatic heterocycles. The molecule has 4 aromatic carbocycles. The third-order valence-electron chi connectivity index (χ3n) is 6.92. The number of nitrogen functional groups attached to an aromatic ring is 1. The molecule has 40 heavy (non-hydrogen) atoms. The van der Waals surface area contributed by atoms with Crippen LogP contribution in [0.15, 0.2) is 89.8 Å². The maximum atomic E-state index is 13.1. The topological polar surface area (TPSA) is 133 Å². The van der Waals surface area contributed by atoms with Crippen molar-refractivity contribution in [2.75, 3.05) is 25.9 Å². The highest BCUT2D eigenvalue weighted by atomic mass is 32.2. The molecule has 0 aliphatic rings. The van der Waals surface area contributed by atoms with Gasteiger partial charge in [-0.1, -0.05) is 60.7 Å². The van der Waals surface area contributed by atoms with Gasteiger partial charge in [0, 0.05) is 31.4 Å². The van der Waals surface area contributed by atoms with Crippen LogP contribution in [-0.4, -0.2) is 60.7 Å². The minimum absolute atomic E-state index is 0.00898. The van der Waals surface area contributed by atoms with E-state index in [1.54, 1.807) is 24.3 Å². The Morgan fingerprint density at radius 1 is 0.950 bits per heavy atom. The zero-order valence-electron chi connectivity index (χ0n) is 22.8. The van der Waals surface area contributed by atoms with E-state index < -0.39 is 22.1 Å². The molecule has 0 unspecified atom stereocenters. The van der Waals surface area contributed by atoms with Crippen LogP contribution in [0.1, 0.15) is 29.8 Å². The zero-order chi connectivity index (χ0) is 29.1. The second kappa shape index (κ2) is 11.8. The molecule has 0 amide bonds. The Bertz CT molecular complexity index is 1620. The normalized spacial score (nSPS) is 13.0. The predicted molar refractivity (Wildman–Crippen MR) is 159 cm³/mol. The van der Waals surface area contributed by atoms with Gasteiger partial charge in [-0.15, -0.1) is 0 Å². The monoisotopic (exact) mass is 561 g/mol. The average Bonchev–Trinajstić information content (AvgIpc) is 2.91. The minimum Gasteiger partial charge on any atom is -0.478 e. The van der Waals surface area contributed by atoms with E-state index in [4.69, 9.17) is 10.8 Å². The van der Waals surface area contributed by atoms with Crippen LogP contribution < -0.4 is 11.1 Å². The number of nitrogens with zero attached hydrogens (tertiary/aromatic N) is 1. The van der Waals surface area contributed by atoms with Crippen LogP contribution in [0, 0.1) is 0 Å². The Labute approximate surface area is 235 Å². The van der Waals surface area contributed by atoms with Crippen molar-refractivity contribution in [3.63, 3.8) is 0 Å². The Hall–Kier alpha value is -3.76. The highest BCUT2D eigenvalue weighted by Gasteiger charge is 2.25. The first-order valence-corrected chi connectivity index (χ1v) is 14.4. The van der Waals surface area contributed by atoms with Crippen molar-refractivity contribution in [3.8, 4) is 11.1 Å². The first kappa shape index (κ1) is 29.2. The number of hydrogen-bond donors (Lipinski definition) is 4. The molecule has 0 spiro atoms. The number of aliphatic hydroxyl groups excluding tert-OH is 1. The Morgan fingerprint density at radius 2 is 1.60 bits per heavy atom. The van der Waals surface area contributed by atoms with E-state index in [0.717, 1.165) is 10.7 Å². The van der Waals surface area contributed by atoms with Crippen LogP contribution in [0.4, 0.5) is 5.69 Å². The van der Waals surface area contributed by atoms with E-state index in [9.17, 15) is 18.3 Å². The van der Waals surface area contributed by atoms with Gasteiger partial charge in [0.1, 0.15) is 0 Å². The van der Waals surface area contributed by atoms with Crippen LogP contribution in [0.2, 0.25) is 0 Å². The number of carboxylic acid groups (broad SMARTS) is 1. The van der Waals surface area contributed by atoms with Crippen molar-refractivity contribution < 1.29 is 23.4 Å². The summed E-state index contributed by atoms with van der Waals surface area (Å²) in [6.45, 7) is 4.27. The van der Waals surface area contributed by atoms with Crippen LogP contribution in [0.3, 0.4) is 0 Å². The average molecular weight is 562 g/mol. The highest BCUT2D eigenvalue weighted by molar-refractivity contribution is 7.89. The minimum atomic E-state index is -3.84. The molecule has 9 heteroatoms. The number of benzene rings is 4. The Kier molecular flexibility index (Phi) is 8.60. The van der Waals surface area contributed by atoms with Crippen molar-refractivity contribution in [2.45, 2.75) is 36.8 Å². The molecule has 0 aliphatic carbocycles. The number of carboxylic acids is 1. The van der Waals surface area contributed by atoms with Crippen LogP contribution >= 0.6 is 0 Å². The van der Waals surface area contributed by atoms with E-state index in [-0.39, 0.29) is 34.8 Å². The lowest BCUT2D eigenvalue weighted by Crippen LogP contribution is -2.47. The molecule has 0 radical (unpaired) electrons. The van der Waals surface area contributed by atoms with Gasteiger partial charge in [0.05, 0.1) is 16.6 Å². The Morgan fingerprint density at radius 3 is 2.25 bits per heavy atom. The van der Waals surface area contributed by atoms with E-state index in [1.807, 2.05) is 12.1 Å². The van der Waals surface area contributed by atoms with Gasteiger partial charge >= 0.3 is 5.97 Å². The number of β-amino-alcohol motifs (C(OH)–C–C–N with tert-alkyl or cyclic N) is 1. The Balaban J connectivity index is 1.35. The molecule has 5 N–H and O–H groups in total. The van der Waals surface area contributed by atoms with E-state index in [2.05, 4.69) is 49.5 Å². The van der Waals surface area contributed by atoms with E-state index >= 15 is 0 Å². The summed E-state index contributed by atoms with van der Waals surface area (Å²) in [7, 11) is -2.40. The summed E-state index contributed by atoms with van der Waals surface area (Å²) in [5.74, 6) is -1.11. The number of fused-ring (bicyclic) bond motifs is 1. The van der Waals surface area contributed by atoms with Crippen molar-refractivity contribution in [3.05, 3.63) is 96.1 Å². The fourth-order valence-electron chi connectivity index (χ4n) is 4.71. The van der Waals surface area contributed by atoms with Gasteiger partial charge in [-0.25, -0.2) is 13.2 Å². The summed E-state index contributed by atoms with van der Waals surface area (Å²) in [6.07, 6.45) is -0.166. The summed E-state index contributed by atoms with van der Waals surface area (Å²) in [5, 5.41) is 25.6. The van der Waals surface area contributed by atoms with Crippen LogP contribution in [0.25, 0.3) is 21.9 Å². The van der Waals surface area contributed by atoms with Gasteiger partial charge in [-0.2, -0.15) is 4.31 Å². The molecule has 8 nitrogen and oxygen atoms in total. The summed E-state index contributed by atoms with van der Waals surface area (Å²) in [5.41, 5.74) is 8.21. The summed E-state index contributed by atoms with van der Waals surface area (Å²) >= 11 is 0. The number of nitrogens with one attached hydrogen (secondary N) is 1. The molecule has 210 valence electrons. The van der Waals surface area contributed by atoms with Crippen molar-refractivity contribution >= 4 is 32.5 Å². The predicted octanol–water partition coefficient (Wildman–Crippen LogP) is 4.38. The third kappa shape index (κ3) is 6.86. The van der Waals surface area contributed by atoms with Gasteiger partial charge < -0.3 is 21.3 Å². The molecule has 4 rings (SSSR count). The standard InChI is InChI=1S/C31H35N3O5S/c1-31(2,18-21-8-9-22-6-4-5-7-24(22)16-21)33-19-26(35)20-34(3)40(38,39)27-13-10-23(11-14-27)25-12-15-28(30(36)37)29(32)17-25/h4-17,26,33,35H,18-20,32H2,1-3H3,(H,36,37)/t26-/m1/s1. The first-order valence-electron chi connectivity index (χ1n) is 13.0. The molecular formula is C31H35N3O5S.